The molecule has 3 nitrogen and oxygen atoms in total. The number of thioether (sulfide) groups is 1. The maximum absolute atomic E-state index is 11.7. The molecule has 0 N–H and O–H groups in total. The molecule has 0 aliphatic carbocycles. The summed E-state index contributed by atoms with van der Waals surface area (Å²) in [5.41, 5.74) is 2.20. The highest BCUT2D eigenvalue weighted by molar-refractivity contribution is 8.03. The molecule has 1 aromatic carbocycles. The Morgan fingerprint density at radius 2 is 2.06 bits per heavy atom. The monoisotopic (exact) mass is 263 g/mol. The van der Waals surface area contributed by atoms with Crippen LogP contribution >= 0.6 is 11.8 Å². The Morgan fingerprint density at radius 3 is 2.67 bits per heavy atom. The van der Waals surface area contributed by atoms with E-state index in [-0.39, 0.29) is 5.97 Å². The standard InChI is InChI=1S/C14H17NO2S/c1-11-12(2)18-10-15(11)8-14(16)17-9-13-6-4-3-5-7-13/h3-7H,8-10H2,1-2H3. The van der Waals surface area contributed by atoms with Gasteiger partial charge in [-0.05, 0) is 19.4 Å². The fraction of sp³-hybridized carbons (Fsp3) is 0.357. The van der Waals surface area contributed by atoms with Gasteiger partial charge in [0.2, 0.25) is 0 Å². The second-order valence-corrected chi connectivity index (χ2v) is 5.42. The van der Waals surface area contributed by atoms with Crippen molar-refractivity contribution < 1.29 is 9.53 Å². The number of carbonyl (C=O) groups is 1. The number of hydrogen-bond acceptors (Lipinski definition) is 4. The quantitative estimate of drug-likeness (QED) is 0.781. The number of allylic oxidation sites excluding steroid dienone is 2. The first-order valence-corrected chi connectivity index (χ1v) is 6.90. The van der Waals surface area contributed by atoms with Crippen molar-refractivity contribution in [2.75, 3.05) is 12.4 Å². The average Bonchev–Trinajstić information content (AvgIpc) is 2.70. The van der Waals surface area contributed by atoms with Crippen LogP contribution in [0.25, 0.3) is 0 Å². The van der Waals surface area contributed by atoms with Crippen LogP contribution in [0.4, 0.5) is 0 Å². The van der Waals surface area contributed by atoms with Gasteiger partial charge in [0.25, 0.3) is 0 Å². The summed E-state index contributed by atoms with van der Waals surface area (Å²) < 4.78 is 5.26. The van der Waals surface area contributed by atoms with Gasteiger partial charge in [-0.2, -0.15) is 0 Å². The van der Waals surface area contributed by atoms with Crippen LogP contribution in [0.1, 0.15) is 19.4 Å². The molecular weight excluding hydrogens is 246 g/mol. The Labute approximate surface area is 112 Å². The van der Waals surface area contributed by atoms with Crippen LogP contribution in [0.3, 0.4) is 0 Å². The van der Waals surface area contributed by atoms with E-state index in [2.05, 4.69) is 6.92 Å². The van der Waals surface area contributed by atoms with E-state index in [9.17, 15) is 4.79 Å². The van der Waals surface area contributed by atoms with Gasteiger partial charge in [0.1, 0.15) is 13.2 Å². The van der Waals surface area contributed by atoms with Crippen molar-refractivity contribution >= 4 is 17.7 Å². The number of benzene rings is 1. The van der Waals surface area contributed by atoms with Gasteiger partial charge in [0, 0.05) is 10.6 Å². The van der Waals surface area contributed by atoms with E-state index in [4.69, 9.17) is 4.74 Å². The molecule has 0 fully saturated rings. The SMILES string of the molecule is CC1=C(C)N(CC(=O)OCc2ccccc2)CS1. The number of esters is 1. The zero-order chi connectivity index (χ0) is 13.0. The maximum atomic E-state index is 11.7. The van der Waals surface area contributed by atoms with Crippen molar-refractivity contribution in [2.24, 2.45) is 0 Å². The molecule has 0 spiro atoms. The third kappa shape index (κ3) is 3.29. The second kappa shape index (κ2) is 5.96. The summed E-state index contributed by atoms with van der Waals surface area (Å²) in [7, 11) is 0. The van der Waals surface area contributed by atoms with Crippen molar-refractivity contribution in [2.45, 2.75) is 20.5 Å². The minimum Gasteiger partial charge on any atom is -0.459 e. The Bertz CT molecular complexity index is 456. The van der Waals surface area contributed by atoms with E-state index in [0.29, 0.717) is 13.2 Å². The summed E-state index contributed by atoms with van der Waals surface area (Å²) in [6, 6.07) is 9.74. The van der Waals surface area contributed by atoms with Crippen molar-refractivity contribution in [3.05, 3.63) is 46.5 Å². The van der Waals surface area contributed by atoms with Crippen LogP contribution < -0.4 is 0 Å². The van der Waals surface area contributed by atoms with Gasteiger partial charge in [0.15, 0.2) is 0 Å². The second-order valence-electron chi connectivity index (χ2n) is 4.26. The average molecular weight is 263 g/mol. The topological polar surface area (TPSA) is 29.5 Å². The highest BCUT2D eigenvalue weighted by Gasteiger charge is 2.19. The van der Waals surface area contributed by atoms with Crippen LogP contribution in [0.15, 0.2) is 40.9 Å². The predicted octanol–water partition coefficient (Wildman–Crippen LogP) is 2.99. The minimum atomic E-state index is -0.173. The molecule has 0 saturated carbocycles. The van der Waals surface area contributed by atoms with E-state index in [1.165, 1.54) is 10.6 Å². The zero-order valence-corrected chi connectivity index (χ0v) is 11.5. The van der Waals surface area contributed by atoms with Crippen molar-refractivity contribution in [3.63, 3.8) is 0 Å². The molecule has 0 amide bonds. The van der Waals surface area contributed by atoms with E-state index < -0.39 is 0 Å². The maximum Gasteiger partial charge on any atom is 0.325 e. The molecule has 0 unspecified atom stereocenters. The van der Waals surface area contributed by atoms with Crippen molar-refractivity contribution in [1.82, 2.24) is 4.90 Å². The molecule has 2 rings (SSSR count). The summed E-state index contributed by atoms with van der Waals surface area (Å²) in [5.74, 6) is 0.673. The Morgan fingerprint density at radius 1 is 1.33 bits per heavy atom. The van der Waals surface area contributed by atoms with Crippen LogP contribution in [0.2, 0.25) is 0 Å². The van der Waals surface area contributed by atoms with Gasteiger partial charge >= 0.3 is 5.97 Å². The van der Waals surface area contributed by atoms with E-state index in [1.807, 2.05) is 42.2 Å². The number of nitrogens with zero attached hydrogens (tertiary/aromatic N) is 1. The molecule has 0 saturated heterocycles. The number of carbonyl (C=O) groups excluding carboxylic acids is 1. The smallest absolute Gasteiger partial charge is 0.325 e. The van der Waals surface area contributed by atoms with Gasteiger partial charge < -0.3 is 9.64 Å². The summed E-state index contributed by atoms with van der Waals surface area (Å²) in [5, 5.41) is 0. The fourth-order valence-corrected chi connectivity index (χ4v) is 2.67. The predicted molar refractivity (Wildman–Crippen MR) is 73.8 cm³/mol. The Balaban J connectivity index is 1.80. The molecule has 0 bridgehead atoms. The molecule has 1 aliphatic rings. The largest absolute Gasteiger partial charge is 0.459 e. The van der Waals surface area contributed by atoms with E-state index in [1.54, 1.807) is 11.8 Å². The molecular formula is C14H17NO2S. The fourth-order valence-electron chi connectivity index (χ4n) is 1.70. The summed E-state index contributed by atoms with van der Waals surface area (Å²) >= 11 is 1.77. The summed E-state index contributed by atoms with van der Waals surface area (Å²) in [6.07, 6.45) is 0. The van der Waals surface area contributed by atoms with Gasteiger partial charge in [-0.25, -0.2) is 0 Å². The third-order valence-corrected chi connectivity index (χ3v) is 4.15. The molecule has 4 heteroatoms. The van der Waals surface area contributed by atoms with Crippen LogP contribution in [0.5, 0.6) is 0 Å². The lowest BCUT2D eigenvalue weighted by Gasteiger charge is -2.17. The first-order chi connectivity index (χ1) is 8.66. The first kappa shape index (κ1) is 13.0. The molecule has 1 aromatic rings. The first-order valence-electron chi connectivity index (χ1n) is 5.91. The third-order valence-electron chi connectivity index (χ3n) is 2.98. The summed E-state index contributed by atoms with van der Waals surface area (Å²) in [6.45, 7) is 4.81. The van der Waals surface area contributed by atoms with E-state index in [0.717, 1.165) is 11.4 Å². The van der Waals surface area contributed by atoms with Crippen molar-refractivity contribution in [3.8, 4) is 0 Å². The Kier molecular flexibility index (Phi) is 4.31. The van der Waals surface area contributed by atoms with Gasteiger partial charge in [-0.3, -0.25) is 4.79 Å². The molecule has 18 heavy (non-hydrogen) atoms. The highest BCUT2D eigenvalue weighted by Crippen LogP contribution is 2.30. The van der Waals surface area contributed by atoms with Crippen LogP contribution in [0, 0.1) is 0 Å². The zero-order valence-electron chi connectivity index (χ0n) is 10.7. The number of ether oxygens (including phenoxy) is 1. The van der Waals surface area contributed by atoms with Gasteiger partial charge in [0.05, 0.1) is 5.88 Å². The highest BCUT2D eigenvalue weighted by atomic mass is 32.2. The molecule has 96 valence electrons. The van der Waals surface area contributed by atoms with Gasteiger partial charge in [-0.1, -0.05) is 30.3 Å². The Hall–Kier alpha value is -1.42. The number of hydrogen-bond donors (Lipinski definition) is 0. The molecule has 1 aliphatic heterocycles. The minimum absolute atomic E-state index is 0.173. The number of rotatable bonds is 4. The normalized spacial score (nSPS) is 15.1. The molecule has 0 radical (unpaired) electrons. The lowest BCUT2D eigenvalue weighted by atomic mass is 10.2. The van der Waals surface area contributed by atoms with Gasteiger partial charge in [-0.15, -0.1) is 11.8 Å². The lowest BCUT2D eigenvalue weighted by molar-refractivity contribution is -0.145. The molecule has 0 aromatic heterocycles. The molecule has 1 heterocycles. The van der Waals surface area contributed by atoms with Crippen LogP contribution in [-0.4, -0.2) is 23.3 Å². The lowest BCUT2D eigenvalue weighted by Crippen LogP contribution is -2.27. The van der Waals surface area contributed by atoms with Crippen LogP contribution in [-0.2, 0) is 16.1 Å². The molecule has 0 atom stereocenters. The summed E-state index contributed by atoms with van der Waals surface area (Å²) in [4.78, 5) is 15.1. The van der Waals surface area contributed by atoms with Crippen molar-refractivity contribution in [1.29, 1.82) is 0 Å². The van der Waals surface area contributed by atoms with E-state index >= 15 is 0 Å².